The second-order valence-corrected chi connectivity index (χ2v) is 8.69. The van der Waals surface area contributed by atoms with Gasteiger partial charge in [0.15, 0.2) is 0 Å². The van der Waals surface area contributed by atoms with Crippen LogP contribution in [0.4, 0.5) is 0 Å². The molecular formula is C23H37NO5. The van der Waals surface area contributed by atoms with Gasteiger partial charge in [-0.05, 0) is 43.9 Å². The molecule has 2 saturated carbocycles. The van der Waals surface area contributed by atoms with Crippen molar-refractivity contribution in [3.63, 3.8) is 0 Å². The molecule has 0 bridgehead atoms. The molecule has 0 aromatic rings. The maximum atomic E-state index is 10.8. The number of rotatable bonds is 12. The van der Waals surface area contributed by atoms with Crippen molar-refractivity contribution in [2.24, 2.45) is 22.4 Å². The van der Waals surface area contributed by atoms with Crippen molar-refractivity contribution in [3.8, 4) is 0 Å². The van der Waals surface area contributed by atoms with Gasteiger partial charge in [0, 0.05) is 24.7 Å². The molecule has 164 valence electrons. The first kappa shape index (κ1) is 23.6. The van der Waals surface area contributed by atoms with Gasteiger partial charge in [-0.3, -0.25) is 4.79 Å². The van der Waals surface area contributed by atoms with Crippen molar-refractivity contribution >= 4 is 11.7 Å². The van der Waals surface area contributed by atoms with Crippen LogP contribution in [0.3, 0.4) is 0 Å². The van der Waals surface area contributed by atoms with Crippen LogP contribution in [0.15, 0.2) is 29.5 Å². The van der Waals surface area contributed by atoms with E-state index < -0.39 is 18.2 Å². The average Bonchev–Trinajstić information content (AvgIpc) is 2.96. The van der Waals surface area contributed by atoms with Gasteiger partial charge in [-0.2, -0.15) is 0 Å². The Balaban J connectivity index is 1.97. The summed E-state index contributed by atoms with van der Waals surface area (Å²) in [6, 6.07) is 0. The van der Waals surface area contributed by atoms with Crippen LogP contribution in [0.5, 0.6) is 0 Å². The van der Waals surface area contributed by atoms with Crippen LogP contribution in [-0.4, -0.2) is 44.4 Å². The maximum Gasteiger partial charge on any atom is 0.303 e. The molecule has 2 aliphatic rings. The quantitative estimate of drug-likeness (QED) is 0.167. The van der Waals surface area contributed by atoms with E-state index in [4.69, 9.17) is 5.11 Å². The predicted molar refractivity (Wildman–Crippen MR) is 113 cm³/mol. The van der Waals surface area contributed by atoms with Gasteiger partial charge in [-0.1, -0.05) is 55.6 Å². The Morgan fingerprint density at radius 3 is 2.66 bits per heavy atom. The minimum atomic E-state index is -0.793. The minimum Gasteiger partial charge on any atom is -0.481 e. The highest BCUT2D eigenvalue weighted by Crippen LogP contribution is 2.48. The number of aliphatic hydroxyl groups excluding tert-OH is 2. The number of carbonyl (C=O) groups is 1. The summed E-state index contributed by atoms with van der Waals surface area (Å²) in [7, 11) is 0. The van der Waals surface area contributed by atoms with Gasteiger partial charge < -0.3 is 20.5 Å². The number of allylic oxidation sites excluding steroid dienone is 2. The van der Waals surface area contributed by atoms with Gasteiger partial charge in [0.2, 0.25) is 0 Å². The normalized spacial score (nSPS) is 28.9. The van der Waals surface area contributed by atoms with Gasteiger partial charge >= 0.3 is 5.97 Å². The fraction of sp³-hybridized carbons (Fsp3) is 0.739. The van der Waals surface area contributed by atoms with Gasteiger partial charge in [0.05, 0.1) is 17.9 Å². The molecule has 4 atom stereocenters. The van der Waals surface area contributed by atoms with Crippen molar-refractivity contribution in [2.45, 2.75) is 89.8 Å². The standard InChI is InChI=1S/C23H37NO5/c1-2-3-13-23(14-8-15-23)21(26)12-11-18-17(19(24-29)16-20(18)25)9-6-4-5-7-10-22(27)28/h4,6,11-12,17-18,20-21,25-26,29H,2-3,5,7-10,13-16H2,1H3,(H,27,28)/b6-4-,12-11+,24-19?/t17-,18-,20-,21?/m1/s1. The lowest BCUT2D eigenvalue weighted by molar-refractivity contribution is -0.137. The summed E-state index contributed by atoms with van der Waals surface area (Å²) in [5.74, 6) is -1.09. The summed E-state index contributed by atoms with van der Waals surface area (Å²) in [4.78, 5) is 10.6. The molecular weight excluding hydrogens is 370 g/mol. The highest BCUT2D eigenvalue weighted by molar-refractivity contribution is 5.89. The highest BCUT2D eigenvalue weighted by atomic mass is 16.4. The van der Waals surface area contributed by atoms with E-state index in [9.17, 15) is 20.2 Å². The number of aliphatic hydroxyl groups is 2. The molecule has 0 radical (unpaired) electrons. The molecule has 6 heteroatoms. The number of unbranched alkanes of at least 4 members (excludes halogenated alkanes) is 2. The van der Waals surface area contributed by atoms with E-state index in [1.807, 2.05) is 24.3 Å². The van der Waals surface area contributed by atoms with Crippen LogP contribution < -0.4 is 0 Å². The second-order valence-electron chi connectivity index (χ2n) is 8.69. The molecule has 0 saturated heterocycles. The van der Waals surface area contributed by atoms with Crippen LogP contribution in [0.1, 0.15) is 77.6 Å². The highest BCUT2D eigenvalue weighted by Gasteiger charge is 2.42. The maximum absolute atomic E-state index is 10.8. The van der Waals surface area contributed by atoms with Gasteiger partial charge in [0.25, 0.3) is 0 Å². The SMILES string of the molecule is CCCCC1(C(O)/C=C/[C@H]2[C@H](O)CC(=NO)[C@@H]2C/C=C\CCCC(=O)O)CCC1. The zero-order valence-electron chi connectivity index (χ0n) is 17.5. The molecule has 2 fully saturated rings. The first-order chi connectivity index (χ1) is 13.9. The first-order valence-corrected chi connectivity index (χ1v) is 11.1. The molecule has 1 unspecified atom stereocenters. The summed E-state index contributed by atoms with van der Waals surface area (Å²) >= 11 is 0. The Morgan fingerprint density at radius 2 is 2.07 bits per heavy atom. The van der Waals surface area contributed by atoms with Gasteiger partial charge in [-0.15, -0.1) is 0 Å². The molecule has 2 rings (SSSR count). The Hall–Kier alpha value is -1.66. The smallest absolute Gasteiger partial charge is 0.303 e. The van der Waals surface area contributed by atoms with E-state index in [-0.39, 0.29) is 23.7 Å². The van der Waals surface area contributed by atoms with Crippen molar-refractivity contribution in [1.29, 1.82) is 0 Å². The zero-order valence-corrected chi connectivity index (χ0v) is 17.5. The summed E-state index contributed by atoms with van der Waals surface area (Å²) in [5, 5.41) is 42.7. The van der Waals surface area contributed by atoms with Gasteiger partial charge in [-0.25, -0.2) is 0 Å². The number of oxime groups is 1. The zero-order chi connectivity index (χ0) is 21.3. The Kier molecular flexibility index (Phi) is 9.37. The first-order valence-electron chi connectivity index (χ1n) is 11.1. The van der Waals surface area contributed by atoms with E-state index in [0.29, 0.717) is 31.4 Å². The van der Waals surface area contributed by atoms with E-state index in [2.05, 4.69) is 12.1 Å². The fourth-order valence-electron chi connectivity index (χ4n) is 4.69. The van der Waals surface area contributed by atoms with Crippen LogP contribution in [0.25, 0.3) is 0 Å². The fourth-order valence-corrected chi connectivity index (χ4v) is 4.69. The van der Waals surface area contributed by atoms with Crippen LogP contribution in [0.2, 0.25) is 0 Å². The van der Waals surface area contributed by atoms with E-state index in [1.165, 1.54) is 0 Å². The molecule has 0 aromatic carbocycles. The van der Waals surface area contributed by atoms with Crippen molar-refractivity contribution in [1.82, 2.24) is 0 Å². The third kappa shape index (κ3) is 6.41. The molecule has 0 aromatic heterocycles. The lowest BCUT2D eigenvalue weighted by atomic mass is 9.62. The van der Waals surface area contributed by atoms with Crippen LogP contribution >= 0.6 is 0 Å². The molecule has 6 nitrogen and oxygen atoms in total. The summed E-state index contributed by atoms with van der Waals surface area (Å²) in [6.07, 6.45) is 15.5. The number of hydrogen-bond donors (Lipinski definition) is 4. The third-order valence-electron chi connectivity index (χ3n) is 6.72. The molecule has 0 aliphatic heterocycles. The topological polar surface area (TPSA) is 110 Å². The van der Waals surface area contributed by atoms with E-state index in [0.717, 1.165) is 38.5 Å². The van der Waals surface area contributed by atoms with Crippen molar-refractivity contribution in [3.05, 3.63) is 24.3 Å². The Morgan fingerprint density at radius 1 is 1.31 bits per heavy atom. The number of aliphatic carboxylic acids is 1. The molecule has 0 heterocycles. The number of carboxylic acids is 1. The molecule has 4 N–H and O–H groups in total. The number of nitrogens with zero attached hydrogens (tertiary/aromatic N) is 1. The molecule has 0 spiro atoms. The third-order valence-corrected chi connectivity index (χ3v) is 6.72. The molecule has 0 amide bonds. The predicted octanol–water partition coefficient (Wildman–Crippen LogP) is 4.29. The molecule has 2 aliphatic carbocycles. The van der Waals surface area contributed by atoms with Crippen molar-refractivity contribution < 1.29 is 25.3 Å². The number of hydrogen-bond acceptors (Lipinski definition) is 5. The lowest BCUT2D eigenvalue weighted by Crippen LogP contribution is -2.40. The Labute approximate surface area is 174 Å². The largest absolute Gasteiger partial charge is 0.481 e. The van der Waals surface area contributed by atoms with E-state index >= 15 is 0 Å². The minimum absolute atomic E-state index is 0.0104. The summed E-state index contributed by atoms with van der Waals surface area (Å²) < 4.78 is 0. The Bertz CT molecular complexity index is 608. The van der Waals surface area contributed by atoms with E-state index in [1.54, 1.807) is 0 Å². The van der Waals surface area contributed by atoms with Crippen molar-refractivity contribution in [2.75, 3.05) is 0 Å². The van der Waals surface area contributed by atoms with Crippen LogP contribution in [-0.2, 0) is 4.79 Å². The lowest BCUT2D eigenvalue weighted by Gasteiger charge is -2.45. The number of carboxylic acid groups (broad SMARTS) is 1. The van der Waals surface area contributed by atoms with Crippen LogP contribution in [0, 0.1) is 17.3 Å². The average molecular weight is 408 g/mol. The molecule has 29 heavy (non-hydrogen) atoms. The monoisotopic (exact) mass is 407 g/mol. The van der Waals surface area contributed by atoms with Gasteiger partial charge in [0.1, 0.15) is 0 Å². The second kappa shape index (κ2) is 11.5. The summed E-state index contributed by atoms with van der Waals surface area (Å²) in [6.45, 7) is 2.17. The summed E-state index contributed by atoms with van der Waals surface area (Å²) in [5.41, 5.74) is 0.574.